The van der Waals surface area contributed by atoms with Crippen LogP contribution < -0.4 is 9.64 Å². The number of amides is 1. The average Bonchev–Trinajstić information content (AvgIpc) is 2.68. The minimum absolute atomic E-state index is 0.00546. The molecule has 1 saturated heterocycles. The van der Waals surface area contributed by atoms with Gasteiger partial charge in [0.1, 0.15) is 12.3 Å². The van der Waals surface area contributed by atoms with Gasteiger partial charge >= 0.3 is 0 Å². The second-order valence-electron chi connectivity index (χ2n) is 6.37. The Bertz CT molecular complexity index is 784. The number of hydrogen-bond donors (Lipinski definition) is 1. The Balaban J connectivity index is 1.55. The van der Waals surface area contributed by atoms with Gasteiger partial charge in [0.05, 0.1) is 38.2 Å². The molecule has 1 aliphatic heterocycles. The molecule has 7 nitrogen and oxygen atoms in total. The second kappa shape index (κ2) is 7.97. The fraction of sp³-hybridized carbons (Fsp3) is 0.316. The fourth-order valence-corrected chi connectivity index (χ4v) is 3.18. The molecule has 26 heavy (non-hydrogen) atoms. The van der Waals surface area contributed by atoms with Gasteiger partial charge < -0.3 is 14.5 Å². The molecule has 0 atom stereocenters. The number of ether oxygens (including phenoxy) is 1. The van der Waals surface area contributed by atoms with Crippen molar-refractivity contribution in [3.63, 3.8) is 0 Å². The molecule has 7 heteroatoms. The van der Waals surface area contributed by atoms with Crippen molar-refractivity contribution in [1.29, 1.82) is 0 Å². The molecule has 0 saturated carbocycles. The maximum Gasteiger partial charge on any atom is 0.269 e. The van der Waals surface area contributed by atoms with Crippen LogP contribution in [0, 0.1) is 10.1 Å². The summed E-state index contributed by atoms with van der Waals surface area (Å²) in [6, 6.07) is 13.8. The van der Waals surface area contributed by atoms with E-state index in [-0.39, 0.29) is 11.6 Å². The lowest BCUT2D eigenvalue weighted by molar-refractivity contribution is -0.917. The molecule has 0 aliphatic carbocycles. The summed E-state index contributed by atoms with van der Waals surface area (Å²) in [5, 5.41) is 10.7. The van der Waals surface area contributed by atoms with Gasteiger partial charge in [-0.15, -0.1) is 0 Å². The number of carbonyl (C=O) groups is 1. The van der Waals surface area contributed by atoms with Crippen molar-refractivity contribution in [2.75, 3.05) is 33.3 Å². The van der Waals surface area contributed by atoms with Crippen LogP contribution in [0.25, 0.3) is 0 Å². The summed E-state index contributed by atoms with van der Waals surface area (Å²) < 4.78 is 5.26. The SMILES string of the molecule is COc1cccc(C[NH+]2CCN(C(=O)c3ccc([N+](=O)[O-])cc3)CC2)c1. The molecule has 0 spiro atoms. The maximum absolute atomic E-state index is 12.6. The molecular weight excluding hydrogens is 334 g/mol. The lowest BCUT2D eigenvalue weighted by Crippen LogP contribution is -3.13. The monoisotopic (exact) mass is 356 g/mol. The maximum atomic E-state index is 12.6. The largest absolute Gasteiger partial charge is 0.497 e. The summed E-state index contributed by atoms with van der Waals surface area (Å²) in [4.78, 5) is 26.0. The van der Waals surface area contributed by atoms with E-state index in [0.29, 0.717) is 18.7 Å². The molecule has 1 amide bonds. The van der Waals surface area contributed by atoms with Gasteiger partial charge in [-0.25, -0.2) is 0 Å². The highest BCUT2D eigenvalue weighted by atomic mass is 16.6. The van der Waals surface area contributed by atoms with Gasteiger partial charge in [-0.2, -0.15) is 0 Å². The van der Waals surface area contributed by atoms with E-state index in [2.05, 4.69) is 6.07 Å². The van der Waals surface area contributed by atoms with Gasteiger partial charge in [0.15, 0.2) is 0 Å². The number of quaternary nitrogens is 1. The first-order chi connectivity index (χ1) is 12.6. The summed E-state index contributed by atoms with van der Waals surface area (Å²) in [5.41, 5.74) is 1.70. The number of nitrogens with zero attached hydrogens (tertiary/aromatic N) is 2. The minimum Gasteiger partial charge on any atom is -0.497 e. The first kappa shape index (κ1) is 17.9. The van der Waals surface area contributed by atoms with Gasteiger partial charge in [-0.05, 0) is 24.3 Å². The van der Waals surface area contributed by atoms with Crippen molar-refractivity contribution >= 4 is 11.6 Å². The Morgan fingerprint density at radius 3 is 2.50 bits per heavy atom. The number of piperazine rings is 1. The molecule has 0 radical (unpaired) electrons. The van der Waals surface area contributed by atoms with Crippen molar-refractivity contribution in [3.8, 4) is 5.75 Å². The number of non-ortho nitro benzene ring substituents is 1. The van der Waals surface area contributed by atoms with Crippen LogP contribution in [0.15, 0.2) is 48.5 Å². The van der Waals surface area contributed by atoms with E-state index >= 15 is 0 Å². The van der Waals surface area contributed by atoms with Gasteiger partial charge in [0, 0.05) is 23.3 Å². The fourth-order valence-electron chi connectivity index (χ4n) is 3.18. The lowest BCUT2D eigenvalue weighted by Gasteiger charge is -2.32. The van der Waals surface area contributed by atoms with Gasteiger partial charge in [0.2, 0.25) is 0 Å². The molecule has 2 aromatic rings. The summed E-state index contributed by atoms with van der Waals surface area (Å²) >= 11 is 0. The Morgan fingerprint density at radius 1 is 1.19 bits per heavy atom. The molecule has 0 unspecified atom stereocenters. The van der Waals surface area contributed by atoms with Crippen LogP contribution in [0.4, 0.5) is 5.69 Å². The number of rotatable bonds is 5. The Hall–Kier alpha value is -2.93. The van der Waals surface area contributed by atoms with Crippen LogP contribution in [0.1, 0.15) is 15.9 Å². The summed E-state index contributed by atoms with van der Waals surface area (Å²) in [5.74, 6) is 0.786. The van der Waals surface area contributed by atoms with E-state index in [1.807, 2.05) is 23.1 Å². The molecule has 0 aromatic heterocycles. The lowest BCUT2D eigenvalue weighted by atomic mass is 10.1. The predicted octanol–water partition coefficient (Wildman–Crippen LogP) is 1.14. The van der Waals surface area contributed by atoms with Crippen molar-refractivity contribution in [2.24, 2.45) is 0 Å². The van der Waals surface area contributed by atoms with Crippen molar-refractivity contribution in [2.45, 2.75) is 6.54 Å². The van der Waals surface area contributed by atoms with Gasteiger partial charge in [-0.3, -0.25) is 14.9 Å². The molecular formula is C19H22N3O4+. The van der Waals surface area contributed by atoms with Crippen LogP contribution in [0.2, 0.25) is 0 Å². The van der Waals surface area contributed by atoms with E-state index < -0.39 is 4.92 Å². The highest BCUT2D eigenvalue weighted by molar-refractivity contribution is 5.94. The average molecular weight is 356 g/mol. The number of nitro groups is 1. The molecule has 1 aliphatic rings. The molecule has 0 bridgehead atoms. The Morgan fingerprint density at radius 2 is 1.88 bits per heavy atom. The summed E-state index contributed by atoms with van der Waals surface area (Å²) in [7, 11) is 1.66. The molecule has 136 valence electrons. The van der Waals surface area contributed by atoms with E-state index in [4.69, 9.17) is 4.74 Å². The number of hydrogen-bond acceptors (Lipinski definition) is 4. The highest BCUT2D eigenvalue weighted by Gasteiger charge is 2.25. The van der Waals surface area contributed by atoms with Crippen LogP contribution in [0.5, 0.6) is 5.75 Å². The molecule has 1 heterocycles. The Labute approximate surface area is 151 Å². The van der Waals surface area contributed by atoms with Crippen molar-refractivity contribution in [3.05, 3.63) is 69.8 Å². The molecule has 1 N–H and O–H groups in total. The van der Waals surface area contributed by atoms with Crippen LogP contribution >= 0.6 is 0 Å². The van der Waals surface area contributed by atoms with Crippen LogP contribution in [0.3, 0.4) is 0 Å². The molecule has 1 fully saturated rings. The number of carbonyl (C=O) groups excluding carboxylic acids is 1. The van der Waals surface area contributed by atoms with Crippen LogP contribution in [-0.4, -0.2) is 49.0 Å². The topological polar surface area (TPSA) is 77.1 Å². The molecule has 2 aromatic carbocycles. The number of nitro benzene ring substituents is 1. The van der Waals surface area contributed by atoms with Crippen LogP contribution in [-0.2, 0) is 6.54 Å². The van der Waals surface area contributed by atoms with Crippen molar-refractivity contribution in [1.82, 2.24) is 4.90 Å². The minimum atomic E-state index is -0.463. The predicted molar refractivity (Wildman–Crippen MR) is 96.4 cm³/mol. The zero-order valence-electron chi connectivity index (χ0n) is 14.7. The van der Waals surface area contributed by atoms with E-state index in [9.17, 15) is 14.9 Å². The Kier molecular flexibility index (Phi) is 5.48. The normalized spacial score (nSPS) is 14.9. The third kappa shape index (κ3) is 4.18. The summed E-state index contributed by atoms with van der Waals surface area (Å²) in [6.07, 6.45) is 0. The van der Waals surface area contributed by atoms with E-state index in [1.165, 1.54) is 34.7 Å². The smallest absolute Gasteiger partial charge is 0.269 e. The van der Waals surface area contributed by atoms with E-state index in [1.54, 1.807) is 7.11 Å². The van der Waals surface area contributed by atoms with Crippen molar-refractivity contribution < 1.29 is 19.4 Å². The molecule has 3 rings (SSSR count). The van der Waals surface area contributed by atoms with Gasteiger partial charge in [-0.1, -0.05) is 12.1 Å². The standard InChI is InChI=1S/C19H21N3O4/c1-26-18-4-2-3-15(13-18)14-20-9-11-21(12-10-20)19(23)16-5-7-17(8-6-16)22(24)25/h2-8,13H,9-12,14H2,1H3/p+1. The number of nitrogens with one attached hydrogen (secondary N) is 1. The zero-order valence-corrected chi connectivity index (χ0v) is 14.7. The van der Waals surface area contributed by atoms with E-state index in [0.717, 1.165) is 25.4 Å². The first-order valence-electron chi connectivity index (χ1n) is 8.57. The number of methoxy groups -OCH3 is 1. The summed E-state index contributed by atoms with van der Waals surface area (Å²) in [6.45, 7) is 3.99. The zero-order chi connectivity index (χ0) is 18.5. The van der Waals surface area contributed by atoms with Gasteiger partial charge in [0.25, 0.3) is 11.6 Å². The third-order valence-corrected chi connectivity index (χ3v) is 4.67. The third-order valence-electron chi connectivity index (χ3n) is 4.67. The first-order valence-corrected chi connectivity index (χ1v) is 8.57. The number of benzene rings is 2. The second-order valence-corrected chi connectivity index (χ2v) is 6.37. The quantitative estimate of drug-likeness (QED) is 0.644. The highest BCUT2D eigenvalue weighted by Crippen LogP contribution is 2.14.